The van der Waals surface area contributed by atoms with E-state index in [1.165, 1.54) is 7.11 Å². The first-order valence-corrected chi connectivity index (χ1v) is 11.7. The van der Waals surface area contributed by atoms with E-state index in [9.17, 15) is 14.4 Å². The molecule has 0 aliphatic heterocycles. The van der Waals surface area contributed by atoms with Gasteiger partial charge in [0.25, 0.3) is 0 Å². The summed E-state index contributed by atoms with van der Waals surface area (Å²) in [5.74, 6) is -0.628. The van der Waals surface area contributed by atoms with Gasteiger partial charge >= 0.3 is 18.2 Å². The van der Waals surface area contributed by atoms with Crippen molar-refractivity contribution in [1.82, 2.24) is 10.6 Å². The highest BCUT2D eigenvalue weighted by molar-refractivity contribution is 6.01. The smallest absolute Gasteiger partial charge is 0.414 e. The molecule has 2 unspecified atom stereocenters. The van der Waals surface area contributed by atoms with Gasteiger partial charge in [0, 0.05) is 12.0 Å². The van der Waals surface area contributed by atoms with E-state index in [0.29, 0.717) is 18.4 Å². The van der Waals surface area contributed by atoms with E-state index in [-0.39, 0.29) is 18.2 Å². The van der Waals surface area contributed by atoms with Crippen LogP contribution in [0.2, 0.25) is 0 Å². The van der Waals surface area contributed by atoms with E-state index in [1.54, 1.807) is 47.6 Å². The van der Waals surface area contributed by atoms with Crippen molar-refractivity contribution in [1.29, 1.82) is 0 Å². The number of guanidine groups is 1. The molecule has 10 heteroatoms. The molecule has 2 N–H and O–H groups in total. The van der Waals surface area contributed by atoms with Crippen molar-refractivity contribution >= 4 is 24.1 Å². The zero-order valence-electron chi connectivity index (χ0n) is 21.9. The van der Waals surface area contributed by atoms with Gasteiger partial charge in [0.05, 0.1) is 25.4 Å². The summed E-state index contributed by atoms with van der Waals surface area (Å²) in [5.41, 5.74) is -1.08. The number of amides is 2. The predicted molar refractivity (Wildman–Crippen MR) is 129 cm³/mol. The number of nitrogens with one attached hydrogen (secondary N) is 2. The summed E-state index contributed by atoms with van der Waals surface area (Å²) >= 11 is 0. The summed E-state index contributed by atoms with van der Waals surface area (Å²) in [6.45, 7) is 14.4. The number of esters is 1. The quantitative estimate of drug-likeness (QED) is 0.251. The molecule has 0 spiro atoms. The van der Waals surface area contributed by atoms with E-state index >= 15 is 0 Å². The Morgan fingerprint density at radius 1 is 1.00 bits per heavy atom. The Morgan fingerprint density at radius 2 is 1.50 bits per heavy atom. The van der Waals surface area contributed by atoms with Crippen LogP contribution in [0.4, 0.5) is 9.59 Å². The first-order valence-electron chi connectivity index (χ1n) is 11.7. The van der Waals surface area contributed by atoms with Crippen molar-refractivity contribution in [2.45, 2.75) is 111 Å². The molecule has 10 nitrogen and oxygen atoms in total. The number of methoxy groups -OCH3 is 1. The number of carbonyl (C=O) groups is 3. The molecule has 1 aliphatic carbocycles. The van der Waals surface area contributed by atoms with Crippen LogP contribution in [-0.2, 0) is 23.7 Å². The van der Waals surface area contributed by atoms with Crippen molar-refractivity contribution < 1.29 is 33.3 Å². The minimum atomic E-state index is -0.792. The molecule has 0 aromatic rings. The van der Waals surface area contributed by atoms with Crippen LogP contribution in [-0.4, -0.2) is 60.7 Å². The number of nitrogens with zero attached hydrogens (tertiary/aromatic N) is 1. The lowest BCUT2D eigenvalue weighted by Gasteiger charge is -2.29. The molecule has 0 bridgehead atoms. The Kier molecular flexibility index (Phi) is 11.0. The highest BCUT2D eigenvalue weighted by Crippen LogP contribution is 2.26. The van der Waals surface area contributed by atoms with Gasteiger partial charge in [0.1, 0.15) is 11.2 Å². The molecule has 0 radical (unpaired) electrons. The van der Waals surface area contributed by atoms with Crippen LogP contribution < -0.4 is 10.6 Å². The Labute approximate surface area is 202 Å². The van der Waals surface area contributed by atoms with E-state index < -0.39 is 35.4 Å². The second kappa shape index (κ2) is 12.7. The summed E-state index contributed by atoms with van der Waals surface area (Å²) < 4.78 is 21.6. The highest BCUT2D eigenvalue weighted by Gasteiger charge is 2.29. The zero-order chi connectivity index (χ0) is 26.1. The molecule has 194 valence electrons. The van der Waals surface area contributed by atoms with Gasteiger partial charge in [-0.15, -0.1) is 0 Å². The van der Waals surface area contributed by atoms with Gasteiger partial charge in [-0.2, -0.15) is 0 Å². The minimum Gasteiger partial charge on any atom is -0.466 e. The summed E-state index contributed by atoms with van der Waals surface area (Å²) in [4.78, 5) is 41.5. The maximum absolute atomic E-state index is 12.4. The van der Waals surface area contributed by atoms with E-state index in [1.807, 2.05) is 13.8 Å². The molecule has 0 saturated carbocycles. The number of alkyl carbamates (subject to hydrolysis) is 2. The lowest BCUT2D eigenvalue weighted by Crippen LogP contribution is -2.48. The van der Waals surface area contributed by atoms with Crippen molar-refractivity contribution in [2.75, 3.05) is 7.11 Å². The average molecular weight is 484 g/mol. The molecule has 0 aromatic carbocycles. The second-order valence-electron chi connectivity index (χ2n) is 10.1. The second-order valence-corrected chi connectivity index (χ2v) is 10.1. The fourth-order valence-electron chi connectivity index (χ4n) is 3.26. The molecular weight excluding hydrogens is 442 g/mol. The van der Waals surface area contributed by atoms with Gasteiger partial charge in [0.15, 0.2) is 0 Å². The average Bonchev–Trinajstić information content (AvgIpc) is 2.68. The molecule has 0 fully saturated rings. The van der Waals surface area contributed by atoms with Crippen molar-refractivity contribution in [3.05, 3.63) is 11.6 Å². The fraction of sp³-hybridized carbons (Fsp3) is 0.750. The predicted octanol–water partition coefficient (Wildman–Crippen LogP) is 4.23. The van der Waals surface area contributed by atoms with Crippen LogP contribution in [0, 0.1) is 0 Å². The number of hydrogen-bond acceptors (Lipinski definition) is 8. The number of aliphatic imine (C=N–C) groups is 1. The van der Waals surface area contributed by atoms with E-state index in [2.05, 4.69) is 15.6 Å². The number of carbonyl (C=O) groups excluding carboxylic acids is 3. The third kappa shape index (κ3) is 11.5. The minimum absolute atomic E-state index is 0.0471. The highest BCUT2D eigenvalue weighted by atomic mass is 16.6. The molecule has 0 saturated heterocycles. The zero-order valence-corrected chi connectivity index (χ0v) is 21.9. The van der Waals surface area contributed by atoms with Gasteiger partial charge in [-0.05, 0) is 66.9 Å². The maximum atomic E-state index is 12.4. The lowest BCUT2D eigenvalue weighted by atomic mass is 9.93. The summed E-state index contributed by atoms with van der Waals surface area (Å²) in [6, 6.07) is -0.568. The molecule has 1 rings (SSSR count). The van der Waals surface area contributed by atoms with Crippen LogP contribution in [0.1, 0.15) is 81.1 Å². The molecule has 0 heterocycles. The van der Waals surface area contributed by atoms with Crippen LogP contribution in [0.3, 0.4) is 0 Å². The monoisotopic (exact) mass is 483 g/mol. The lowest BCUT2D eigenvalue weighted by molar-refractivity contribution is -0.137. The van der Waals surface area contributed by atoms with Crippen molar-refractivity contribution in [2.24, 2.45) is 4.99 Å². The normalized spacial score (nSPS) is 18.5. The van der Waals surface area contributed by atoms with Crippen LogP contribution >= 0.6 is 0 Å². The molecule has 34 heavy (non-hydrogen) atoms. The van der Waals surface area contributed by atoms with Gasteiger partial charge < -0.3 is 18.9 Å². The van der Waals surface area contributed by atoms with Crippen LogP contribution in [0.25, 0.3) is 0 Å². The summed E-state index contributed by atoms with van der Waals surface area (Å²) in [5, 5.41) is 4.93. The number of ether oxygens (including phenoxy) is 4. The van der Waals surface area contributed by atoms with Crippen molar-refractivity contribution in [3.63, 3.8) is 0 Å². The standard InChI is InChI=1S/C24H41N3O7/c1-10-17(11-2)32-18-13-15(19(28)31-9)12-16(14-18)25-20(26-21(29)33-23(3,4)5)27-22(30)34-24(6,7)8/h12,16-18H,10-11,13-14H2,1-9H3,(H2,25,26,27,29,30). The van der Waals surface area contributed by atoms with Gasteiger partial charge in [-0.1, -0.05) is 13.8 Å². The third-order valence-electron chi connectivity index (χ3n) is 4.62. The van der Waals surface area contributed by atoms with Crippen molar-refractivity contribution in [3.8, 4) is 0 Å². The first kappa shape index (κ1) is 29.4. The summed E-state index contributed by atoms with van der Waals surface area (Å²) in [6.07, 6.45) is 2.36. The van der Waals surface area contributed by atoms with E-state index in [0.717, 1.165) is 12.8 Å². The molecule has 2 atom stereocenters. The largest absolute Gasteiger partial charge is 0.466 e. The van der Waals surface area contributed by atoms with Crippen LogP contribution in [0.15, 0.2) is 16.6 Å². The Bertz CT molecular complexity index is 742. The fourth-order valence-corrected chi connectivity index (χ4v) is 3.26. The molecular formula is C24H41N3O7. The number of rotatable bonds is 6. The molecule has 0 aromatic heterocycles. The van der Waals surface area contributed by atoms with Gasteiger partial charge in [0.2, 0.25) is 5.96 Å². The number of hydrogen-bond donors (Lipinski definition) is 2. The Hall–Kier alpha value is -2.62. The third-order valence-corrected chi connectivity index (χ3v) is 4.62. The maximum Gasteiger partial charge on any atom is 0.414 e. The van der Waals surface area contributed by atoms with Crippen LogP contribution in [0.5, 0.6) is 0 Å². The molecule has 1 aliphatic rings. The Balaban J connectivity index is 3.22. The molecule has 2 amide bonds. The van der Waals surface area contributed by atoms with Gasteiger partial charge in [-0.25, -0.2) is 19.4 Å². The van der Waals surface area contributed by atoms with Gasteiger partial charge in [-0.3, -0.25) is 10.6 Å². The summed E-state index contributed by atoms with van der Waals surface area (Å²) in [7, 11) is 1.31. The van der Waals surface area contributed by atoms with E-state index in [4.69, 9.17) is 18.9 Å². The SMILES string of the molecule is CCC(CC)OC1CC(C(=O)OC)=CC(N=C(NC(=O)OC(C)(C)C)NC(=O)OC(C)(C)C)C1. The Morgan fingerprint density at radius 3 is 1.91 bits per heavy atom. The topological polar surface area (TPSA) is 125 Å². The first-order chi connectivity index (χ1) is 15.7.